The standard InChI is InChI=1S/C14H17N7.ClH/c1-2-9(6-15-4-1)20-12-10-3-5-16-13(10)17-7-11(12)14-18-8-19-21-14;/h3,5,7-9,15H,1-2,4,6H2,(H2,16,17,20)(H,18,19,21);1H/t9-;/m1./s1. The van der Waals surface area contributed by atoms with E-state index in [1.54, 1.807) is 6.33 Å². The zero-order chi connectivity index (χ0) is 14.1. The Labute approximate surface area is 133 Å². The molecule has 0 radical (unpaired) electrons. The van der Waals surface area contributed by atoms with Crippen LogP contribution >= 0.6 is 12.4 Å². The maximum absolute atomic E-state index is 4.45. The van der Waals surface area contributed by atoms with Gasteiger partial charge in [0.1, 0.15) is 12.0 Å². The molecule has 4 rings (SSSR count). The van der Waals surface area contributed by atoms with Gasteiger partial charge < -0.3 is 20.6 Å². The van der Waals surface area contributed by atoms with E-state index in [-0.39, 0.29) is 12.4 Å². The van der Waals surface area contributed by atoms with Gasteiger partial charge in [-0.25, -0.2) is 4.98 Å². The predicted octanol–water partition coefficient (Wildman–Crippen LogP) is 1.93. The summed E-state index contributed by atoms with van der Waals surface area (Å²) in [5, 5.41) is 16.2. The summed E-state index contributed by atoms with van der Waals surface area (Å²) >= 11 is 0. The van der Waals surface area contributed by atoms with Crippen molar-refractivity contribution >= 4 is 29.1 Å². The third-order valence-electron chi connectivity index (χ3n) is 3.90. The maximum Gasteiger partial charge on any atom is 0.164 e. The highest BCUT2D eigenvalue weighted by molar-refractivity contribution is 5.97. The molecule has 0 spiro atoms. The molecule has 0 saturated carbocycles. The zero-order valence-corrected chi connectivity index (χ0v) is 12.8. The van der Waals surface area contributed by atoms with Crippen LogP contribution in [0.25, 0.3) is 22.4 Å². The van der Waals surface area contributed by atoms with Gasteiger partial charge in [0.2, 0.25) is 0 Å². The average Bonchev–Trinajstić information content (AvgIpc) is 3.20. The maximum atomic E-state index is 4.45. The molecule has 3 aromatic heterocycles. The number of aromatic amines is 2. The van der Waals surface area contributed by atoms with Crippen molar-refractivity contribution in [2.24, 2.45) is 0 Å². The molecule has 1 aliphatic rings. The lowest BCUT2D eigenvalue weighted by Gasteiger charge is -2.26. The van der Waals surface area contributed by atoms with E-state index in [0.29, 0.717) is 6.04 Å². The largest absolute Gasteiger partial charge is 0.380 e. The molecule has 8 heteroatoms. The fraction of sp³-hybridized carbons (Fsp3) is 0.357. The number of piperidine rings is 1. The van der Waals surface area contributed by atoms with Crippen LogP contribution in [0.5, 0.6) is 0 Å². The van der Waals surface area contributed by atoms with E-state index in [2.05, 4.69) is 35.8 Å². The van der Waals surface area contributed by atoms with Crippen molar-refractivity contribution in [2.45, 2.75) is 18.9 Å². The van der Waals surface area contributed by atoms with Crippen LogP contribution in [0.3, 0.4) is 0 Å². The summed E-state index contributed by atoms with van der Waals surface area (Å²) < 4.78 is 0. The minimum atomic E-state index is 0. The van der Waals surface area contributed by atoms with E-state index < -0.39 is 0 Å². The molecule has 0 unspecified atom stereocenters. The normalized spacial score (nSPS) is 18.1. The first-order valence-electron chi connectivity index (χ1n) is 7.21. The second-order valence-corrected chi connectivity index (χ2v) is 5.31. The fourth-order valence-electron chi connectivity index (χ4n) is 2.86. The molecule has 4 heterocycles. The van der Waals surface area contributed by atoms with Gasteiger partial charge in [0.25, 0.3) is 0 Å². The lowest BCUT2D eigenvalue weighted by molar-refractivity contribution is 0.480. The summed E-state index contributed by atoms with van der Waals surface area (Å²) in [6.07, 6.45) is 7.68. The number of nitrogens with one attached hydrogen (secondary N) is 4. The molecule has 1 atom stereocenters. The number of H-pyrrole nitrogens is 2. The molecular weight excluding hydrogens is 302 g/mol. The first-order valence-corrected chi connectivity index (χ1v) is 7.21. The number of fused-ring (bicyclic) bond motifs is 1. The third kappa shape index (κ3) is 2.65. The molecule has 1 aliphatic heterocycles. The lowest BCUT2D eigenvalue weighted by Crippen LogP contribution is -2.38. The van der Waals surface area contributed by atoms with Crippen LogP contribution in [0.1, 0.15) is 12.8 Å². The van der Waals surface area contributed by atoms with E-state index in [1.807, 2.05) is 18.5 Å². The van der Waals surface area contributed by atoms with Crippen molar-refractivity contribution < 1.29 is 0 Å². The molecular formula is C14H18ClN7. The molecule has 116 valence electrons. The van der Waals surface area contributed by atoms with Crippen molar-refractivity contribution in [1.82, 2.24) is 30.5 Å². The summed E-state index contributed by atoms with van der Waals surface area (Å²) in [6, 6.07) is 2.46. The van der Waals surface area contributed by atoms with Gasteiger partial charge >= 0.3 is 0 Å². The average molecular weight is 320 g/mol. The van der Waals surface area contributed by atoms with E-state index >= 15 is 0 Å². The van der Waals surface area contributed by atoms with Crippen LogP contribution in [0, 0.1) is 0 Å². The Morgan fingerprint density at radius 3 is 3.00 bits per heavy atom. The molecule has 7 nitrogen and oxygen atoms in total. The van der Waals surface area contributed by atoms with Crippen molar-refractivity contribution in [3.63, 3.8) is 0 Å². The second-order valence-electron chi connectivity index (χ2n) is 5.31. The number of nitrogens with zero attached hydrogens (tertiary/aromatic N) is 3. The lowest BCUT2D eigenvalue weighted by atomic mass is 10.1. The molecule has 1 fully saturated rings. The monoisotopic (exact) mass is 319 g/mol. The quantitative estimate of drug-likeness (QED) is 0.592. The van der Waals surface area contributed by atoms with E-state index in [0.717, 1.165) is 47.6 Å². The van der Waals surface area contributed by atoms with Crippen molar-refractivity contribution in [3.8, 4) is 11.4 Å². The number of anilines is 1. The smallest absolute Gasteiger partial charge is 0.164 e. The number of hydrogen-bond donors (Lipinski definition) is 4. The van der Waals surface area contributed by atoms with Gasteiger partial charge in [-0.15, -0.1) is 22.6 Å². The Bertz CT molecular complexity index is 731. The highest BCUT2D eigenvalue weighted by atomic mass is 35.5. The predicted molar refractivity (Wildman–Crippen MR) is 88.2 cm³/mol. The van der Waals surface area contributed by atoms with Gasteiger partial charge in [0.05, 0.1) is 11.3 Å². The van der Waals surface area contributed by atoms with Gasteiger partial charge in [-0.2, -0.15) is 0 Å². The Kier molecular flexibility index (Phi) is 4.26. The minimum Gasteiger partial charge on any atom is -0.380 e. The first kappa shape index (κ1) is 14.8. The van der Waals surface area contributed by atoms with Crippen molar-refractivity contribution in [2.75, 3.05) is 18.4 Å². The number of rotatable bonds is 3. The first-order chi connectivity index (χ1) is 10.4. The zero-order valence-electron chi connectivity index (χ0n) is 12.0. The number of aromatic nitrogens is 5. The second kappa shape index (κ2) is 6.33. The molecule has 0 amide bonds. The van der Waals surface area contributed by atoms with Crippen LogP contribution in [-0.4, -0.2) is 44.3 Å². The van der Waals surface area contributed by atoms with Crippen LogP contribution in [0.2, 0.25) is 0 Å². The van der Waals surface area contributed by atoms with Gasteiger partial charge in [0, 0.05) is 30.4 Å². The highest BCUT2D eigenvalue weighted by Gasteiger charge is 2.18. The SMILES string of the molecule is Cl.c1nnc(-c2cnc3[nH]ccc3c2N[C@@H]2CCCNC2)[nH]1. The van der Waals surface area contributed by atoms with Crippen molar-refractivity contribution in [1.29, 1.82) is 0 Å². The Morgan fingerprint density at radius 1 is 1.27 bits per heavy atom. The summed E-state index contributed by atoms with van der Waals surface area (Å²) in [5.74, 6) is 0.733. The molecule has 3 aromatic rings. The van der Waals surface area contributed by atoms with Gasteiger partial charge in [-0.05, 0) is 25.5 Å². The van der Waals surface area contributed by atoms with E-state index in [9.17, 15) is 0 Å². The molecule has 0 aliphatic carbocycles. The summed E-state index contributed by atoms with van der Waals surface area (Å²) in [5.41, 5.74) is 2.89. The molecule has 1 saturated heterocycles. The Morgan fingerprint density at radius 2 is 2.23 bits per heavy atom. The Hall–Kier alpha value is -2.12. The molecule has 0 bridgehead atoms. The van der Waals surface area contributed by atoms with Crippen molar-refractivity contribution in [3.05, 3.63) is 24.8 Å². The summed E-state index contributed by atoms with van der Waals surface area (Å²) in [7, 11) is 0. The molecule has 0 aromatic carbocycles. The van der Waals surface area contributed by atoms with Crippen LogP contribution in [0.4, 0.5) is 5.69 Å². The van der Waals surface area contributed by atoms with Gasteiger partial charge in [-0.1, -0.05) is 0 Å². The number of pyridine rings is 1. The van der Waals surface area contributed by atoms with E-state index in [1.165, 1.54) is 6.42 Å². The number of halogens is 1. The molecule has 4 N–H and O–H groups in total. The van der Waals surface area contributed by atoms with Gasteiger partial charge in [-0.3, -0.25) is 0 Å². The number of hydrogen-bond acceptors (Lipinski definition) is 5. The van der Waals surface area contributed by atoms with Crippen LogP contribution in [0.15, 0.2) is 24.8 Å². The molecule has 22 heavy (non-hydrogen) atoms. The topological polar surface area (TPSA) is 94.3 Å². The van der Waals surface area contributed by atoms with Crippen LogP contribution in [-0.2, 0) is 0 Å². The highest BCUT2D eigenvalue weighted by Crippen LogP contribution is 2.32. The van der Waals surface area contributed by atoms with Gasteiger partial charge in [0.15, 0.2) is 5.82 Å². The van der Waals surface area contributed by atoms with Crippen LogP contribution < -0.4 is 10.6 Å². The van der Waals surface area contributed by atoms with E-state index in [4.69, 9.17) is 0 Å². The minimum absolute atomic E-state index is 0. The third-order valence-corrected chi connectivity index (χ3v) is 3.90. The fourth-order valence-corrected chi connectivity index (χ4v) is 2.86. The Balaban J connectivity index is 0.00000144. The summed E-state index contributed by atoms with van der Waals surface area (Å²) in [4.78, 5) is 10.7. The summed E-state index contributed by atoms with van der Waals surface area (Å²) in [6.45, 7) is 2.08.